The molecule has 1 amide bonds. The van der Waals surface area contributed by atoms with Gasteiger partial charge in [0.25, 0.3) is 5.91 Å². The first-order valence-electron chi connectivity index (χ1n) is 7.67. The van der Waals surface area contributed by atoms with Crippen molar-refractivity contribution in [3.05, 3.63) is 47.0 Å². The normalized spacial score (nSPS) is 10.9. The lowest BCUT2D eigenvalue weighted by molar-refractivity contribution is 0.100. The second-order valence-electron chi connectivity index (χ2n) is 5.33. The summed E-state index contributed by atoms with van der Waals surface area (Å²) in [6.07, 6.45) is 5.42. The highest BCUT2D eigenvalue weighted by Crippen LogP contribution is 2.45. The number of nitrogens with zero attached hydrogens (tertiary/aromatic N) is 1. The number of hydrogen-bond acceptors (Lipinski definition) is 5. The quantitative estimate of drug-likeness (QED) is 0.640. The van der Waals surface area contributed by atoms with E-state index < -0.39 is 0 Å². The van der Waals surface area contributed by atoms with Crippen molar-refractivity contribution in [1.82, 2.24) is 5.16 Å². The lowest BCUT2D eigenvalue weighted by Crippen LogP contribution is -2.11. The number of benzene rings is 1. The van der Waals surface area contributed by atoms with Crippen LogP contribution in [0.5, 0.6) is 0 Å². The zero-order chi connectivity index (χ0) is 17.1. The van der Waals surface area contributed by atoms with Crippen LogP contribution >= 0.6 is 23.1 Å². The van der Waals surface area contributed by atoms with E-state index >= 15 is 0 Å². The summed E-state index contributed by atoms with van der Waals surface area (Å²) in [7, 11) is 0. The van der Waals surface area contributed by atoms with Gasteiger partial charge in [-0.25, -0.2) is 0 Å². The van der Waals surface area contributed by atoms with E-state index in [1.54, 1.807) is 18.0 Å². The van der Waals surface area contributed by atoms with E-state index in [4.69, 9.17) is 10.3 Å². The van der Waals surface area contributed by atoms with Gasteiger partial charge in [-0.1, -0.05) is 48.8 Å². The van der Waals surface area contributed by atoms with E-state index in [9.17, 15) is 4.79 Å². The zero-order valence-electron chi connectivity index (χ0n) is 13.5. The lowest BCUT2D eigenvalue weighted by atomic mass is 9.98. The van der Waals surface area contributed by atoms with Crippen LogP contribution in [0, 0.1) is 0 Å². The number of aromatic nitrogens is 1. The number of carbonyl (C=O) groups is 1. The van der Waals surface area contributed by atoms with E-state index in [1.165, 1.54) is 11.3 Å². The van der Waals surface area contributed by atoms with Crippen LogP contribution in [0.25, 0.3) is 22.5 Å². The third-order valence-electron chi connectivity index (χ3n) is 3.77. The van der Waals surface area contributed by atoms with Crippen LogP contribution in [0.2, 0.25) is 0 Å². The maximum absolute atomic E-state index is 11.9. The summed E-state index contributed by atoms with van der Waals surface area (Å²) >= 11 is 3.04. The fraction of sp³-hybridized carbons (Fsp3) is 0.222. The molecule has 0 atom stereocenters. The van der Waals surface area contributed by atoms with Gasteiger partial charge in [-0.3, -0.25) is 4.79 Å². The van der Waals surface area contributed by atoms with Crippen molar-refractivity contribution in [3.8, 4) is 22.5 Å². The summed E-state index contributed by atoms with van der Waals surface area (Å²) in [4.78, 5) is 12.5. The Morgan fingerprint density at radius 3 is 2.71 bits per heavy atom. The van der Waals surface area contributed by atoms with Gasteiger partial charge in [0.1, 0.15) is 0 Å². The summed E-state index contributed by atoms with van der Waals surface area (Å²) in [5, 5.41) is 4.01. The monoisotopic (exact) mass is 358 g/mol. The third-order valence-corrected chi connectivity index (χ3v) is 6.13. The molecule has 0 saturated heterocycles. The van der Waals surface area contributed by atoms with Gasteiger partial charge >= 0.3 is 0 Å². The van der Waals surface area contributed by atoms with Gasteiger partial charge in [-0.05, 0) is 23.8 Å². The average molecular weight is 358 g/mol. The minimum atomic E-state index is -0.384. The van der Waals surface area contributed by atoms with Crippen LogP contribution in [0.15, 0.2) is 45.3 Å². The average Bonchev–Trinajstić information content (AvgIpc) is 3.20. The van der Waals surface area contributed by atoms with Crippen molar-refractivity contribution in [2.75, 3.05) is 6.26 Å². The third kappa shape index (κ3) is 2.99. The summed E-state index contributed by atoms with van der Waals surface area (Å²) in [5.74, 6) is 0.323. The summed E-state index contributed by atoms with van der Waals surface area (Å²) in [5.41, 5.74) is 9.49. The van der Waals surface area contributed by atoms with E-state index in [-0.39, 0.29) is 5.91 Å². The molecule has 0 aliphatic rings. The molecule has 3 rings (SSSR count). The van der Waals surface area contributed by atoms with Gasteiger partial charge in [0, 0.05) is 11.1 Å². The van der Waals surface area contributed by atoms with E-state index in [1.807, 2.05) is 36.6 Å². The number of thiophene rings is 1. The maximum Gasteiger partial charge on any atom is 0.259 e. The predicted octanol–water partition coefficient (Wildman–Crippen LogP) is 4.84. The Balaban J connectivity index is 2.24. The molecule has 0 saturated carbocycles. The maximum atomic E-state index is 11.9. The van der Waals surface area contributed by atoms with Crippen molar-refractivity contribution >= 4 is 29.0 Å². The molecule has 3 aromatic rings. The van der Waals surface area contributed by atoms with E-state index in [0.717, 1.165) is 39.3 Å². The van der Waals surface area contributed by atoms with Crippen LogP contribution in [0.4, 0.5) is 0 Å². The van der Waals surface area contributed by atoms with Gasteiger partial charge in [-0.15, -0.1) is 23.1 Å². The zero-order valence-corrected chi connectivity index (χ0v) is 15.2. The lowest BCUT2D eigenvalue weighted by Gasteiger charge is -2.06. The van der Waals surface area contributed by atoms with Gasteiger partial charge in [-0.2, -0.15) is 0 Å². The molecule has 1 aromatic carbocycles. The van der Waals surface area contributed by atoms with Crippen molar-refractivity contribution in [3.63, 3.8) is 0 Å². The van der Waals surface area contributed by atoms with Crippen LogP contribution in [0.3, 0.4) is 0 Å². The van der Waals surface area contributed by atoms with Gasteiger partial charge in [0.15, 0.2) is 5.76 Å². The number of thioether (sulfide) groups is 1. The number of primary amides is 1. The minimum absolute atomic E-state index is 0.384. The molecule has 0 aliphatic carbocycles. The van der Waals surface area contributed by atoms with E-state index in [0.29, 0.717) is 10.6 Å². The highest BCUT2D eigenvalue weighted by molar-refractivity contribution is 8.00. The van der Waals surface area contributed by atoms with Crippen molar-refractivity contribution in [2.24, 2.45) is 5.73 Å². The topological polar surface area (TPSA) is 69.1 Å². The highest BCUT2D eigenvalue weighted by atomic mass is 32.2. The Bertz CT molecular complexity index is 853. The second-order valence-corrected chi connectivity index (χ2v) is 7.42. The summed E-state index contributed by atoms with van der Waals surface area (Å²) in [6, 6.07) is 9.99. The SMILES string of the molecule is CCCc1c(C(N)=O)sc(SC)c1-c1oncc1-c1ccccc1. The molecule has 2 heterocycles. The molecule has 4 nitrogen and oxygen atoms in total. The molecule has 0 bridgehead atoms. The first kappa shape index (κ1) is 16.8. The number of carbonyl (C=O) groups excluding carboxylic acids is 1. The standard InChI is InChI=1S/C18H18N2O2S2/c1-3-7-12-14(18(23-2)24-16(12)17(19)21)15-13(10-20-22-15)11-8-5-4-6-9-11/h4-6,8-10H,3,7H2,1-2H3,(H2,19,21). The van der Waals surface area contributed by atoms with Crippen molar-refractivity contribution in [2.45, 2.75) is 24.0 Å². The first-order chi connectivity index (χ1) is 11.7. The molecule has 0 spiro atoms. The Morgan fingerprint density at radius 2 is 2.08 bits per heavy atom. The Morgan fingerprint density at radius 1 is 1.33 bits per heavy atom. The number of amides is 1. The molecule has 124 valence electrons. The molecule has 24 heavy (non-hydrogen) atoms. The molecule has 6 heteroatoms. The van der Waals surface area contributed by atoms with Crippen LogP contribution in [-0.4, -0.2) is 17.3 Å². The molecule has 2 aromatic heterocycles. The minimum Gasteiger partial charge on any atom is -0.365 e. The number of nitrogens with two attached hydrogens (primary N) is 1. The molecular formula is C18H18N2O2S2. The second kappa shape index (κ2) is 7.23. The van der Waals surface area contributed by atoms with Crippen molar-refractivity contribution in [1.29, 1.82) is 0 Å². The van der Waals surface area contributed by atoms with Crippen LogP contribution < -0.4 is 5.73 Å². The van der Waals surface area contributed by atoms with Crippen LogP contribution in [-0.2, 0) is 6.42 Å². The van der Waals surface area contributed by atoms with Crippen LogP contribution in [0.1, 0.15) is 28.6 Å². The summed E-state index contributed by atoms with van der Waals surface area (Å²) in [6.45, 7) is 2.09. The molecule has 0 fully saturated rings. The van der Waals surface area contributed by atoms with Crippen molar-refractivity contribution < 1.29 is 9.32 Å². The Labute approximate surface area is 149 Å². The molecule has 2 N–H and O–H groups in total. The molecular weight excluding hydrogens is 340 g/mol. The smallest absolute Gasteiger partial charge is 0.259 e. The molecule has 0 aliphatic heterocycles. The van der Waals surface area contributed by atoms with Gasteiger partial charge < -0.3 is 10.3 Å². The molecule has 0 radical (unpaired) electrons. The van der Waals surface area contributed by atoms with Gasteiger partial charge in [0.05, 0.1) is 15.3 Å². The molecule has 0 unspecified atom stereocenters. The fourth-order valence-electron chi connectivity index (χ4n) is 2.75. The first-order valence-corrected chi connectivity index (χ1v) is 9.71. The predicted molar refractivity (Wildman–Crippen MR) is 99.5 cm³/mol. The summed E-state index contributed by atoms with van der Waals surface area (Å²) < 4.78 is 6.65. The largest absolute Gasteiger partial charge is 0.365 e. The Hall–Kier alpha value is -2.05. The number of rotatable bonds is 6. The number of hydrogen-bond donors (Lipinski definition) is 1. The Kier molecular flexibility index (Phi) is 5.06. The highest BCUT2D eigenvalue weighted by Gasteiger charge is 2.26. The van der Waals surface area contributed by atoms with Gasteiger partial charge in [0.2, 0.25) is 0 Å². The van der Waals surface area contributed by atoms with E-state index in [2.05, 4.69) is 12.1 Å². The fourth-order valence-corrected chi connectivity index (χ4v) is 4.68.